The number of nitrogen functional groups attached to an aromatic ring is 1. The molecule has 88 valence electrons. The van der Waals surface area contributed by atoms with Gasteiger partial charge in [0.2, 0.25) is 5.95 Å². The molecule has 5 heteroatoms. The first-order chi connectivity index (χ1) is 8.10. The van der Waals surface area contributed by atoms with Gasteiger partial charge in [-0.1, -0.05) is 0 Å². The summed E-state index contributed by atoms with van der Waals surface area (Å²) in [4.78, 5) is 8.25. The van der Waals surface area contributed by atoms with Crippen molar-refractivity contribution >= 4 is 21.9 Å². The van der Waals surface area contributed by atoms with Gasteiger partial charge < -0.3 is 10.5 Å². The molecule has 0 amide bonds. The number of ether oxygens (including phenoxy) is 1. The van der Waals surface area contributed by atoms with E-state index in [4.69, 9.17) is 10.5 Å². The molecule has 17 heavy (non-hydrogen) atoms. The van der Waals surface area contributed by atoms with Crippen LogP contribution in [-0.2, 0) is 0 Å². The molecule has 0 radical (unpaired) electrons. The van der Waals surface area contributed by atoms with E-state index in [1.165, 1.54) is 0 Å². The number of benzene rings is 1. The predicted molar refractivity (Wildman–Crippen MR) is 70.9 cm³/mol. The molecule has 0 fully saturated rings. The van der Waals surface area contributed by atoms with Gasteiger partial charge >= 0.3 is 0 Å². The number of nitrogens with zero attached hydrogens (tertiary/aromatic N) is 2. The highest BCUT2D eigenvalue weighted by atomic mass is 79.9. The monoisotopic (exact) mass is 293 g/mol. The van der Waals surface area contributed by atoms with E-state index >= 15 is 0 Å². The summed E-state index contributed by atoms with van der Waals surface area (Å²) in [5.41, 5.74) is 8.25. The molecule has 0 bridgehead atoms. The van der Waals surface area contributed by atoms with Crippen LogP contribution in [0.15, 0.2) is 28.7 Å². The van der Waals surface area contributed by atoms with Crippen molar-refractivity contribution in [3.05, 3.63) is 34.4 Å². The Morgan fingerprint density at radius 1 is 1.24 bits per heavy atom. The molecular formula is C12H12BrN3O. The zero-order valence-electron chi connectivity index (χ0n) is 9.57. The molecule has 4 nitrogen and oxygen atoms in total. The maximum Gasteiger partial charge on any atom is 0.220 e. The highest BCUT2D eigenvalue weighted by molar-refractivity contribution is 9.10. The molecular weight excluding hydrogens is 282 g/mol. The van der Waals surface area contributed by atoms with Gasteiger partial charge in [0, 0.05) is 11.3 Å². The Bertz CT molecular complexity index is 537. The molecule has 0 unspecified atom stereocenters. The molecule has 0 aliphatic rings. The smallest absolute Gasteiger partial charge is 0.220 e. The van der Waals surface area contributed by atoms with Gasteiger partial charge in [-0.15, -0.1) is 0 Å². The number of methoxy groups -OCH3 is 1. The summed E-state index contributed by atoms with van der Waals surface area (Å²) in [5, 5.41) is 0. The van der Waals surface area contributed by atoms with Gasteiger partial charge in [-0.3, -0.25) is 0 Å². The topological polar surface area (TPSA) is 61.0 Å². The second-order valence-electron chi connectivity index (χ2n) is 3.60. The minimum atomic E-state index is 0.284. The van der Waals surface area contributed by atoms with Gasteiger partial charge in [-0.25, -0.2) is 9.97 Å². The Morgan fingerprint density at radius 2 is 2.00 bits per heavy atom. The quantitative estimate of drug-likeness (QED) is 0.925. The molecule has 2 rings (SSSR count). The summed E-state index contributed by atoms with van der Waals surface area (Å²) in [6.07, 6.45) is 0. The number of hydrogen-bond acceptors (Lipinski definition) is 4. The highest BCUT2D eigenvalue weighted by Crippen LogP contribution is 2.29. The standard InChI is InChI=1S/C12H12BrN3O/c1-7-5-10(16-12(14)15-7)8-3-4-11(17-2)9(13)6-8/h3-6H,1-2H3,(H2,14,15,16). The number of hydrogen-bond donors (Lipinski definition) is 1. The fourth-order valence-corrected chi connectivity index (χ4v) is 2.11. The number of anilines is 1. The van der Waals surface area contributed by atoms with Crippen molar-refractivity contribution < 1.29 is 4.74 Å². The first-order valence-electron chi connectivity index (χ1n) is 5.05. The zero-order valence-corrected chi connectivity index (χ0v) is 11.2. The number of halogens is 1. The third-order valence-electron chi connectivity index (χ3n) is 2.32. The number of nitrogens with two attached hydrogens (primary N) is 1. The van der Waals surface area contributed by atoms with Crippen molar-refractivity contribution in [1.82, 2.24) is 9.97 Å². The fraction of sp³-hybridized carbons (Fsp3) is 0.167. The van der Waals surface area contributed by atoms with Crippen LogP contribution in [-0.4, -0.2) is 17.1 Å². The number of aromatic nitrogens is 2. The number of aryl methyl sites for hydroxylation is 1. The van der Waals surface area contributed by atoms with Crippen LogP contribution < -0.4 is 10.5 Å². The van der Waals surface area contributed by atoms with E-state index in [2.05, 4.69) is 25.9 Å². The Kier molecular flexibility index (Phi) is 3.28. The molecule has 0 aliphatic carbocycles. The molecule has 1 heterocycles. The van der Waals surface area contributed by atoms with Crippen molar-refractivity contribution in [2.75, 3.05) is 12.8 Å². The van der Waals surface area contributed by atoms with Gasteiger partial charge in [0.1, 0.15) is 5.75 Å². The van der Waals surface area contributed by atoms with Crippen molar-refractivity contribution in [1.29, 1.82) is 0 Å². The van der Waals surface area contributed by atoms with Crippen LogP contribution >= 0.6 is 15.9 Å². The van der Waals surface area contributed by atoms with Crippen molar-refractivity contribution in [3.8, 4) is 17.0 Å². The molecule has 2 aromatic rings. The lowest BCUT2D eigenvalue weighted by molar-refractivity contribution is 0.412. The summed E-state index contributed by atoms with van der Waals surface area (Å²) in [7, 11) is 1.63. The lowest BCUT2D eigenvalue weighted by atomic mass is 10.1. The van der Waals surface area contributed by atoms with Gasteiger partial charge in [-0.05, 0) is 47.1 Å². The lowest BCUT2D eigenvalue weighted by Gasteiger charge is -2.07. The second-order valence-corrected chi connectivity index (χ2v) is 4.46. The van der Waals surface area contributed by atoms with E-state index in [0.717, 1.165) is 27.2 Å². The third kappa shape index (κ3) is 2.55. The number of rotatable bonds is 2. The van der Waals surface area contributed by atoms with Gasteiger partial charge in [0.15, 0.2) is 0 Å². The Labute approximate surface area is 108 Å². The zero-order chi connectivity index (χ0) is 12.4. The molecule has 0 saturated heterocycles. The molecule has 0 spiro atoms. The van der Waals surface area contributed by atoms with Crippen LogP contribution in [0.4, 0.5) is 5.95 Å². The van der Waals surface area contributed by atoms with Crippen LogP contribution in [0.25, 0.3) is 11.3 Å². The Morgan fingerprint density at radius 3 is 2.59 bits per heavy atom. The Balaban J connectivity index is 2.49. The van der Waals surface area contributed by atoms with Crippen LogP contribution in [0.5, 0.6) is 5.75 Å². The largest absolute Gasteiger partial charge is 0.496 e. The third-order valence-corrected chi connectivity index (χ3v) is 2.94. The van der Waals surface area contributed by atoms with Gasteiger partial charge in [0.05, 0.1) is 17.3 Å². The lowest BCUT2D eigenvalue weighted by Crippen LogP contribution is -1.98. The van der Waals surface area contributed by atoms with E-state index < -0.39 is 0 Å². The van der Waals surface area contributed by atoms with Crippen molar-refractivity contribution in [2.45, 2.75) is 6.92 Å². The van der Waals surface area contributed by atoms with Crippen molar-refractivity contribution in [3.63, 3.8) is 0 Å². The molecule has 0 aliphatic heterocycles. The normalized spacial score (nSPS) is 10.3. The predicted octanol–water partition coefficient (Wildman–Crippen LogP) is 2.81. The first-order valence-corrected chi connectivity index (χ1v) is 5.84. The fourth-order valence-electron chi connectivity index (χ4n) is 1.57. The van der Waals surface area contributed by atoms with E-state index in [0.29, 0.717) is 0 Å². The molecule has 2 N–H and O–H groups in total. The summed E-state index contributed by atoms with van der Waals surface area (Å²) in [6.45, 7) is 1.89. The van der Waals surface area contributed by atoms with Gasteiger partial charge in [0.25, 0.3) is 0 Å². The summed E-state index contributed by atoms with van der Waals surface area (Å²) in [6, 6.07) is 7.66. The maximum atomic E-state index is 5.63. The minimum absolute atomic E-state index is 0.284. The van der Waals surface area contributed by atoms with Crippen LogP contribution in [0.1, 0.15) is 5.69 Å². The average Bonchev–Trinajstić information content (AvgIpc) is 2.27. The average molecular weight is 294 g/mol. The SMILES string of the molecule is COc1ccc(-c2cc(C)nc(N)n2)cc1Br. The summed E-state index contributed by atoms with van der Waals surface area (Å²) in [5.74, 6) is 1.07. The summed E-state index contributed by atoms with van der Waals surface area (Å²) < 4.78 is 6.06. The second kappa shape index (κ2) is 4.71. The minimum Gasteiger partial charge on any atom is -0.496 e. The van der Waals surface area contributed by atoms with E-state index in [-0.39, 0.29) is 5.95 Å². The molecule has 0 atom stereocenters. The molecule has 0 saturated carbocycles. The summed E-state index contributed by atoms with van der Waals surface area (Å²) >= 11 is 3.44. The molecule has 1 aromatic carbocycles. The van der Waals surface area contributed by atoms with Gasteiger partial charge in [-0.2, -0.15) is 0 Å². The van der Waals surface area contributed by atoms with Crippen LogP contribution in [0.2, 0.25) is 0 Å². The van der Waals surface area contributed by atoms with Crippen LogP contribution in [0.3, 0.4) is 0 Å². The van der Waals surface area contributed by atoms with Crippen molar-refractivity contribution in [2.24, 2.45) is 0 Å². The van der Waals surface area contributed by atoms with E-state index in [9.17, 15) is 0 Å². The van der Waals surface area contributed by atoms with Crippen LogP contribution in [0, 0.1) is 6.92 Å². The Hall–Kier alpha value is -1.62. The van der Waals surface area contributed by atoms with E-state index in [1.807, 2.05) is 31.2 Å². The first kappa shape index (κ1) is 11.9. The maximum absolute atomic E-state index is 5.63. The van der Waals surface area contributed by atoms with E-state index in [1.54, 1.807) is 7.11 Å². The molecule has 1 aromatic heterocycles. The highest BCUT2D eigenvalue weighted by Gasteiger charge is 2.06.